The minimum absolute atomic E-state index is 0.0391. The Morgan fingerprint density at radius 1 is 1.18 bits per heavy atom. The number of hydrogen-bond donors (Lipinski definition) is 1. The summed E-state index contributed by atoms with van der Waals surface area (Å²) in [5, 5.41) is 15.1. The number of aromatic hydroxyl groups is 1. The van der Waals surface area contributed by atoms with Gasteiger partial charge in [-0.2, -0.15) is 5.10 Å². The molecule has 0 unspecified atom stereocenters. The van der Waals surface area contributed by atoms with Gasteiger partial charge < -0.3 is 10.0 Å². The molecule has 1 saturated heterocycles. The summed E-state index contributed by atoms with van der Waals surface area (Å²) in [4.78, 5) is 17.4. The van der Waals surface area contributed by atoms with E-state index >= 15 is 0 Å². The lowest BCUT2D eigenvalue weighted by atomic mass is 9.84. The molecule has 4 rings (SSSR count). The number of hydrogen-bond acceptors (Lipinski definition) is 4. The number of halogens is 1. The molecule has 0 aliphatic carbocycles. The Morgan fingerprint density at radius 2 is 1.91 bits per heavy atom. The number of aryl methyl sites for hydroxylation is 1. The summed E-state index contributed by atoms with van der Waals surface area (Å²) in [5.41, 5.74) is 2.56. The summed E-state index contributed by atoms with van der Waals surface area (Å²) in [6.07, 6.45) is 4.59. The van der Waals surface area contributed by atoms with Crippen LogP contribution in [0.3, 0.4) is 0 Å². The predicted molar refractivity (Wildman–Crippen MR) is 130 cm³/mol. The minimum Gasteiger partial charge on any atom is -0.508 e. The Balaban J connectivity index is 1.46. The smallest absolute Gasteiger partial charge is 0.274 e. The maximum atomic E-state index is 13.2. The van der Waals surface area contributed by atoms with Crippen molar-refractivity contribution < 1.29 is 9.90 Å². The highest BCUT2D eigenvalue weighted by Gasteiger charge is 2.32. The fourth-order valence-electron chi connectivity index (χ4n) is 4.75. The molecular formula is C26H31ClN4O2. The molecule has 1 atom stereocenters. The number of piperidine rings is 1. The molecule has 0 bridgehead atoms. The van der Waals surface area contributed by atoms with E-state index in [9.17, 15) is 9.90 Å². The van der Waals surface area contributed by atoms with Crippen LogP contribution in [0, 0.1) is 5.92 Å². The number of nitrogens with zero attached hydrogens (tertiary/aromatic N) is 4. The second kappa shape index (κ2) is 10.4. The molecule has 2 heterocycles. The number of rotatable bonds is 7. The third kappa shape index (κ3) is 5.75. The zero-order valence-electron chi connectivity index (χ0n) is 19.2. The van der Waals surface area contributed by atoms with E-state index in [1.54, 1.807) is 29.1 Å². The third-order valence-electron chi connectivity index (χ3n) is 6.65. The molecule has 1 fully saturated rings. The van der Waals surface area contributed by atoms with Crippen molar-refractivity contribution in [2.75, 3.05) is 20.1 Å². The summed E-state index contributed by atoms with van der Waals surface area (Å²) >= 11 is 6.12. The molecule has 6 nitrogen and oxygen atoms in total. The van der Waals surface area contributed by atoms with Crippen molar-refractivity contribution >= 4 is 17.5 Å². The zero-order valence-corrected chi connectivity index (χ0v) is 19.9. The fourth-order valence-corrected chi connectivity index (χ4v) is 4.95. The van der Waals surface area contributed by atoms with Gasteiger partial charge in [-0.25, -0.2) is 0 Å². The number of phenols is 1. The van der Waals surface area contributed by atoms with Crippen LogP contribution in [0.1, 0.15) is 34.5 Å². The maximum Gasteiger partial charge on any atom is 0.274 e. The summed E-state index contributed by atoms with van der Waals surface area (Å²) in [6.45, 7) is 2.49. The minimum atomic E-state index is -0.0391. The average molecular weight is 467 g/mol. The van der Waals surface area contributed by atoms with Crippen LogP contribution in [-0.2, 0) is 20.0 Å². The highest BCUT2D eigenvalue weighted by molar-refractivity contribution is 6.30. The number of phenolic OH excluding ortho intramolecular Hbond substituents is 1. The SMILES string of the molecule is CN(C(=O)c1ccn(C)n1)[C@H](Cc1ccccc1)C1CCN(Cc2cc(Cl)ccc2O)CC1. The quantitative estimate of drug-likeness (QED) is 0.561. The topological polar surface area (TPSA) is 61.6 Å². The van der Waals surface area contributed by atoms with Gasteiger partial charge in [-0.05, 0) is 68.1 Å². The lowest BCUT2D eigenvalue weighted by molar-refractivity contribution is 0.0578. The Labute approximate surface area is 200 Å². The monoisotopic (exact) mass is 466 g/mol. The van der Waals surface area contributed by atoms with Gasteiger partial charge in [0.15, 0.2) is 0 Å². The van der Waals surface area contributed by atoms with Crippen molar-refractivity contribution in [2.24, 2.45) is 13.0 Å². The van der Waals surface area contributed by atoms with E-state index in [-0.39, 0.29) is 17.7 Å². The maximum absolute atomic E-state index is 13.2. The molecule has 2 aromatic carbocycles. The van der Waals surface area contributed by atoms with Crippen LogP contribution in [0.4, 0.5) is 0 Å². The van der Waals surface area contributed by atoms with Gasteiger partial charge in [0.1, 0.15) is 11.4 Å². The van der Waals surface area contributed by atoms with Crippen molar-refractivity contribution in [3.05, 3.63) is 82.6 Å². The van der Waals surface area contributed by atoms with Gasteiger partial charge in [-0.15, -0.1) is 0 Å². The Hall–Kier alpha value is -2.83. The molecule has 1 amide bonds. The van der Waals surface area contributed by atoms with Gasteiger partial charge >= 0.3 is 0 Å². The number of benzene rings is 2. The first kappa shape index (κ1) is 23.3. The highest BCUT2D eigenvalue weighted by atomic mass is 35.5. The molecule has 3 aromatic rings. The Bertz CT molecular complexity index is 1080. The van der Waals surface area contributed by atoms with Crippen molar-refractivity contribution in [1.82, 2.24) is 19.6 Å². The van der Waals surface area contributed by atoms with Crippen LogP contribution in [-0.4, -0.2) is 56.8 Å². The summed E-state index contributed by atoms with van der Waals surface area (Å²) < 4.78 is 1.66. The molecule has 33 heavy (non-hydrogen) atoms. The number of likely N-dealkylation sites (tertiary alicyclic amines) is 1. The van der Waals surface area contributed by atoms with Gasteiger partial charge in [0.2, 0.25) is 0 Å². The fraction of sp³-hybridized carbons (Fsp3) is 0.385. The van der Waals surface area contributed by atoms with Crippen LogP contribution >= 0.6 is 11.6 Å². The lowest BCUT2D eigenvalue weighted by Crippen LogP contribution is -2.47. The highest BCUT2D eigenvalue weighted by Crippen LogP contribution is 2.29. The first-order valence-corrected chi connectivity index (χ1v) is 11.8. The molecule has 0 spiro atoms. The second-order valence-corrected chi connectivity index (χ2v) is 9.37. The number of amides is 1. The normalized spacial score (nSPS) is 16.0. The van der Waals surface area contributed by atoms with Crippen molar-refractivity contribution in [3.8, 4) is 5.75 Å². The molecule has 174 valence electrons. The van der Waals surface area contributed by atoms with Crippen LogP contribution < -0.4 is 0 Å². The van der Waals surface area contributed by atoms with E-state index < -0.39 is 0 Å². The lowest BCUT2D eigenvalue weighted by Gasteiger charge is -2.40. The summed E-state index contributed by atoms with van der Waals surface area (Å²) in [5.74, 6) is 0.624. The van der Waals surface area contributed by atoms with E-state index in [1.807, 2.05) is 43.3 Å². The Kier molecular flexibility index (Phi) is 7.36. The first-order chi connectivity index (χ1) is 15.9. The van der Waals surface area contributed by atoms with Gasteiger partial charge in [0.05, 0.1) is 0 Å². The second-order valence-electron chi connectivity index (χ2n) is 8.93. The molecular weight excluding hydrogens is 436 g/mol. The average Bonchev–Trinajstić information content (AvgIpc) is 3.26. The van der Waals surface area contributed by atoms with E-state index in [1.165, 1.54) is 5.56 Å². The molecule has 1 aliphatic heterocycles. The third-order valence-corrected chi connectivity index (χ3v) is 6.89. The predicted octanol–water partition coefficient (Wildman–Crippen LogP) is 4.37. The van der Waals surface area contributed by atoms with E-state index in [0.717, 1.165) is 37.9 Å². The van der Waals surface area contributed by atoms with Crippen molar-refractivity contribution in [3.63, 3.8) is 0 Å². The van der Waals surface area contributed by atoms with Crippen molar-refractivity contribution in [2.45, 2.75) is 31.8 Å². The molecule has 1 N–H and O–H groups in total. The number of likely N-dealkylation sites (N-methyl/N-ethyl adjacent to an activating group) is 1. The molecule has 0 radical (unpaired) electrons. The van der Waals surface area contributed by atoms with Crippen LogP contribution in [0.25, 0.3) is 0 Å². The van der Waals surface area contributed by atoms with Crippen molar-refractivity contribution in [1.29, 1.82) is 0 Å². The number of carbonyl (C=O) groups is 1. The van der Waals surface area contributed by atoms with Gasteiger partial charge in [-0.3, -0.25) is 14.4 Å². The summed E-state index contributed by atoms with van der Waals surface area (Å²) in [6, 6.07) is 17.4. The number of carbonyl (C=O) groups excluding carboxylic acids is 1. The summed E-state index contributed by atoms with van der Waals surface area (Å²) in [7, 11) is 3.73. The molecule has 7 heteroatoms. The first-order valence-electron chi connectivity index (χ1n) is 11.4. The zero-order chi connectivity index (χ0) is 23.4. The molecule has 1 aromatic heterocycles. The van der Waals surface area contributed by atoms with E-state index in [0.29, 0.717) is 23.2 Å². The van der Waals surface area contributed by atoms with Gasteiger partial charge in [-0.1, -0.05) is 41.9 Å². The van der Waals surface area contributed by atoms with Crippen LogP contribution in [0.2, 0.25) is 5.02 Å². The van der Waals surface area contributed by atoms with Crippen LogP contribution in [0.5, 0.6) is 5.75 Å². The number of aromatic nitrogens is 2. The standard InChI is InChI=1S/C26H31ClN4O2/c1-29-13-12-23(28-29)26(33)30(2)24(16-19-6-4-3-5-7-19)20-10-14-31(15-11-20)18-21-17-22(27)8-9-25(21)32/h3-9,12-13,17,20,24,32H,10-11,14-16,18H2,1-2H3/t24-/m1/s1. The largest absolute Gasteiger partial charge is 0.508 e. The van der Waals surface area contributed by atoms with Crippen LogP contribution in [0.15, 0.2) is 60.8 Å². The molecule has 0 saturated carbocycles. The van der Waals surface area contributed by atoms with Gasteiger partial charge in [0.25, 0.3) is 5.91 Å². The van der Waals surface area contributed by atoms with Gasteiger partial charge in [0, 0.05) is 43.5 Å². The molecule has 1 aliphatic rings. The Morgan fingerprint density at radius 3 is 2.58 bits per heavy atom. The van der Waals surface area contributed by atoms with E-state index in [2.05, 4.69) is 22.1 Å². The van der Waals surface area contributed by atoms with E-state index in [4.69, 9.17) is 11.6 Å².